The molecule has 0 saturated heterocycles. The van der Waals surface area contributed by atoms with E-state index >= 15 is 0 Å². The van der Waals surface area contributed by atoms with Gasteiger partial charge in [-0.2, -0.15) is 0 Å². The summed E-state index contributed by atoms with van der Waals surface area (Å²) in [7, 11) is 0. The van der Waals surface area contributed by atoms with E-state index in [1.54, 1.807) is 5.57 Å². The predicted molar refractivity (Wildman–Crippen MR) is 71.4 cm³/mol. The lowest BCUT2D eigenvalue weighted by molar-refractivity contribution is 0.624. The highest BCUT2D eigenvalue weighted by molar-refractivity contribution is 5.52. The Bertz CT molecular complexity index is 309. The van der Waals surface area contributed by atoms with Crippen LogP contribution in [0, 0.1) is 0 Å². The van der Waals surface area contributed by atoms with Crippen LogP contribution in [0.5, 0.6) is 0 Å². The highest BCUT2D eigenvalue weighted by Crippen LogP contribution is 2.23. The molecule has 16 heavy (non-hydrogen) atoms. The Balaban J connectivity index is 2.02. The lowest BCUT2D eigenvalue weighted by Gasteiger charge is -2.05. The lowest BCUT2D eigenvalue weighted by atomic mass is 10.0. The molecule has 1 saturated carbocycles. The van der Waals surface area contributed by atoms with Crippen molar-refractivity contribution >= 4 is 6.08 Å². The molecule has 1 fully saturated rings. The third-order valence-corrected chi connectivity index (χ3v) is 3.42. The summed E-state index contributed by atoms with van der Waals surface area (Å²) >= 11 is 0. The average molecular weight is 214 g/mol. The van der Waals surface area contributed by atoms with E-state index in [9.17, 15) is 0 Å². The molecule has 0 radical (unpaired) electrons. The van der Waals surface area contributed by atoms with Crippen molar-refractivity contribution in [3.8, 4) is 0 Å². The van der Waals surface area contributed by atoms with Crippen LogP contribution in [0.2, 0.25) is 0 Å². The van der Waals surface area contributed by atoms with Gasteiger partial charge in [0.25, 0.3) is 0 Å². The van der Waals surface area contributed by atoms with Gasteiger partial charge in [-0.3, -0.25) is 0 Å². The maximum absolute atomic E-state index is 2.41. The summed E-state index contributed by atoms with van der Waals surface area (Å²) in [6.45, 7) is 0. The van der Waals surface area contributed by atoms with Crippen molar-refractivity contribution in [1.82, 2.24) is 0 Å². The van der Waals surface area contributed by atoms with Crippen LogP contribution in [0.25, 0.3) is 6.08 Å². The van der Waals surface area contributed by atoms with Crippen molar-refractivity contribution in [2.24, 2.45) is 0 Å². The van der Waals surface area contributed by atoms with Crippen molar-refractivity contribution in [3.63, 3.8) is 0 Å². The zero-order valence-electron chi connectivity index (χ0n) is 10.1. The molecule has 0 unspecified atom stereocenters. The second-order valence-corrected chi connectivity index (χ2v) is 4.83. The number of hydrogen-bond acceptors (Lipinski definition) is 0. The monoisotopic (exact) mass is 214 g/mol. The molecular formula is C16H22. The predicted octanol–water partition coefficient (Wildman–Crippen LogP) is 5.20. The first-order valence-electron chi connectivity index (χ1n) is 6.70. The Kier molecular flexibility index (Phi) is 4.67. The minimum atomic E-state index is 1.31. The van der Waals surface area contributed by atoms with E-state index in [1.165, 1.54) is 56.9 Å². The SMILES string of the molecule is C(=C1CCCCCCCC1)c1ccccc1. The van der Waals surface area contributed by atoms with Gasteiger partial charge in [-0.25, -0.2) is 0 Å². The number of benzene rings is 1. The van der Waals surface area contributed by atoms with Crippen LogP contribution >= 0.6 is 0 Å². The largest absolute Gasteiger partial charge is 0.0696 e. The van der Waals surface area contributed by atoms with Crippen LogP contribution in [-0.2, 0) is 0 Å². The summed E-state index contributed by atoms with van der Waals surface area (Å²) in [5.41, 5.74) is 3.03. The zero-order valence-corrected chi connectivity index (χ0v) is 10.1. The van der Waals surface area contributed by atoms with Crippen molar-refractivity contribution in [1.29, 1.82) is 0 Å². The second-order valence-electron chi connectivity index (χ2n) is 4.83. The summed E-state index contributed by atoms with van der Waals surface area (Å²) in [5.74, 6) is 0. The van der Waals surface area contributed by atoms with Crippen molar-refractivity contribution in [2.45, 2.75) is 51.4 Å². The second kappa shape index (κ2) is 6.52. The average Bonchev–Trinajstić information content (AvgIpc) is 2.45. The number of allylic oxidation sites excluding steroid dienone is 1. The highest BCUT2D eigenvalue weighted by Gasteiger charge is 2.02. The van der Waals surface area contributed by atoms with Crippen molar-refractivity contribution in [3.05, 3.63) is 41.5 Å². The Morgan fingerprint density at radius 1 is 0.688 bits per heavy atom. The van der Waals surface area contributed by atoms with Gasteiger partial charge in [-0.05, 0) is 31.2 Å². The maximum Gasteiger partial charge on any atom is -0.0257 e. The molecule has 86 valence electrons. The van der Waals surface area contributed by atoms with E-state index in [0.717, 1.165) is 0 Å². The fourth-order valence-corrected chi connectivity index (χ4v) is 2.47. The smallest absolute Gasteiger partial charge is 0.0257 e. The van der Waals surface area contributed by atoms with Crippen molar-refractivity contribution in [2.75, 3.05) is 0 Å². The van der Waals surface area contributed by atoms with Crippen molar-refractivity contribution < 1.29 is 0 Å². The fourth-order valence-electron chi connectivity index (χ4n) is 2.47. The lowest BCUT2D eigenvalue weighted by Crippen LogP contribution is -1.84. The van der Waals surface area contributed by atoms with E-state index in [1.807, 2.05) is 0 Å². The highest BCUT2D eigenvalue weighted by atomic mass is 14.1. The van der Waals surface area contributed by atoms with Crippen LogP contribution in [0.4, 0.5) is 0 Å². The van der Waals surface area contributed by atoms with Gasteiger partial charge >= 0.3 is 0 Å². The van der Waals surface area contributed by atoms with Gasteiger partial charge in [0, 0.05) is 0 Å². The molecule has 1 aromatic carbocycles. The van der Waals surface area contributed by atoms with Crippen LogP contribution in [0.1, 0.15) is 56.9 Å². The number of rotatable bonds is 1. The minimum absolute atomic E-state index is 1.31. The van der Waals surface area contributed by atoms with Gasteiger partial charge in [0.15, 0.2) is 0 Å². The summed E-state index contributed by atoms with van der Waals surface area (Å²) in [6, 6.07) is 10.8. The maximum atomic E-state index is 2.41. The summed E-state index contributed by atoms with van der Waals surface area (Å²) in [5, 5.41) is 0. The van der Waals surface area contributed by atoms with E-state index < -0.39 is 0 Å². The van der Waals surface area contributed by atoms with Crippen LogP contribution in [0.3, 0.4) is 0 Å². The first kappa shape index (κ1) is 11.4. The molecule has 0 aromatic heterocycles. The van der Waals surface area contributed by atoms with Gasteiger partial charge in [0.2, 0.25) is 0 Å². The summed E-state index contributed by atoms with van der Waals surface area (Å²) in [6.07, 6.45) is 13.5. The van der Waals surface area contributed by atoms with Gasteiger partial charge in [-0.15, -0.1) is 0 Å². The molecule has 0 nitrogen and oxygen atoms in total. The third kappa shape index (κ3) is 3.84. The molecule has 2 rings (SSSR count). The third-order valence-electron chi connectivity index (χ3n) is 3.42. The molecular weight excluding hydrogens is 192 g/mol. The molecule has 0 amide bonds. The summed E-state index contributed by atoms with van der Waals surface area (Å²) in [4.78, 5) is 0. The van der Waals surface area contributed by atoms with Crippen LogP contribution in [-0.4, -0.2) is 0 Å². The molecule has 0 heterocycles. The standard InChI is InChI=1S/C16H22/c1-2-4-7-11-15(10-6-3-1)14-16-12-8-5-9-13-16/h5,8-9,12-14H,1-4,6-7,10-11H2. The first-order valence-corrected chi connectivity index (χ1v) is 6.70. The molecule has 0 N–H and O–H groups in total. The normalized spacial score (nSPS) is 18.4. The molecule has 0 heteroatoms. The Hall–Kier alpha value is -1.04. The van der Waals surface area contributed by atoms with E-state index in [0.29, 0.717) is 0 Å². The van der Waals surface area contributed by atoms with E-state index in [-0.39, 0.29) is 0 Å². The van der Waals surface area contributed by atoms with Gasteiger partial charge in [0.1, 0.15) is 0 Å². The Labute approximate surface area is 99.4 Å². The fraction of sp³-hybridized carbons (Fsp3) is 0.500. The number of hydrogen-bond donors (Lipinski definition) is 0. The molecule has 0 spiro atoms. The Morgan fingerprint density at radius 3 is 1.88 bits per heavy atom. The molecule has 0 aliphatic heterocycles. The molecule has 1 aromatic rings. The molecule has 1 aliphatic rings. The van der Waals surface area contributed by atoms with Gasteiger partial charge in [0.05, 0.1) is 0 Å². The zero-order chi connectivity index (χ0) is 11.1. The van der Waals surface area contributed by atoms with E-state index in [2.05, 4.69) is 36.4 Å². The van der Waals surface area contributed by atoms with Crippen LogP contribution in [0.15, 0.2) is 35.9 Å². The molecule has 0 bridgehead atoms. The first-order chi connectivity index (χ1) is 7.95. The Morgan fingerprint density at radius 2 is 1.25 bits per heavy atom. The molecule has 1 aliphatic carbocycles. The van der Waals surface area contributed by atoms with E-state index in [4.69, 9.17) is 0 Å². The van der Waals surface area contributed by atoms with Gasteiger partial charge in [-0.1, -0.05) is 67.7 Å². The molecule has 0 atom stereocenters. The topological polar surface area (TPSA) is 0 Å². The van der Waals surface area contributed by atoms with Gasteiger partial charge < -0.3 is 0 Å². The van der Waals surface area contributed by atoms with Crippen LogP contribution < -0.4 is 0 Å². The minimum Gasteiger partial charge on any atom is -0.0696 e. The summed E-state index contributed by atoms with van der Waals surface area (Å²) < 4.78 is 0. The quantitative estimate of drug-likeness (QED) is 0.602.